The zero-order valence-corrected chi connectivity index (χ0v) is 28.6. The van der Waals surface area contributed by atoms with Crippen LogP contribution in [0.3, 0.4) is 0 Å². The van der Waals surface area contributed by atoms with E-state index in [1.165, 1.54) is 66.6 Å². The molecule has 0 unspecified atom stereocenters. The molecule has 0 saturated carbocycles. The summed E-state index contributed by atoms with van der Waals surface area (Å²) in [6, 6.07) is 9.24. The Hall–Kier alpha value is -2.59. The van der Waals surface area contributed by atoms with Crippen molar-refractivity contribution in [2.24, 2.45) is 0 Å². The summed E-state index contributed by atoms with van der Waals surface area (Å²) in [4.78, 5) is 18.2. The van der Waals surface area contributed by atoms with Gasteiger partial charge in [0.15, 0.2) is 0 Å². The van der Waals surface area contributed by atoms with Gasteiger partial charge < -0.3 is 9.97 Å². The molecule has 2 N–H and O–H groups in total. The molecule has 2 aliphatic heterocycles. The molecule has 8 bridgehead atoms. The predicted molar refractivity (Wildman–Crippen MR) is 181 cm³/mol. The molecule has 3 aromatic rings. The summed E-state index contributed by atoms with van der Waals surface area (Å²) in [5.41, 5.74) is 20.2. The summed E-state index contributed by atoms with van der Waals surface area (Å²) >= 11 is 0. The third-order valence-electron chi connectivity index (χ3n) is 8.97. The molecule has 3 aromatic heterocycles. The van der Waals surface area contributed by atoms with Crippen LogP contribution in [0.1, 0.15) is 126 Å². The second-order valence-electron chi connectivity index (χ2n) is 10.9. The minimum atomic E-state index is 0. The summed E-state index contributed by atoms with van der Waals surface area (Å²) in [6.45, 7) is 18.1. The molecule has 5 heterocycles. The van der Waals surface area contributed by atoms with Crippen molar-refractivity contribution in [3.05, 3.63) is 69.3 Å². The van der Waals surface area contributed by atoms with Crippen LogP contribution in [0.4, 0.5) is 0 Å². The number of allylic oxidation sites excluding steroid dienone is 4. The van der Waals surface area contributed by atoms with E-state index in [2.05, 4.69) is 89.6 Å². The molecule has 1 radical (unpaired) electrons. The molecule has 225 valence electrons. The minimum Gasteiger partial charge on any atom is -0.355 e. The van der Waals surface area contributed by atoms with E-state index in [4.69, 9.17) is 9.97 Å². The normalized spacial score (nSPS) is 13.0. The van der Waals surface area contributed by atoms with Crippen LogP contribution < -0.4 is 0 Å². The first-order valence-corrected chi connectivity index (χ1v) is 15.7. The van der Waals surface area contributed by atoms with E-state index in [-0.39, 0.29) is 29.5 Å². The van der Waals surface area contributed by atoms with Gasteiger partial charge in [-0.05, 0) is 120 Å². The number of H-pyrrole nitrogens is 2. The molecule has 0 fully saturated rings. The quantitative estimate of drug-likeness (QED) is 0.245. The fraction of sp³-hybridized carbons (Fsp3) is 0.444. The fourth-order valence-corrected chi connectivity index (χ4v) is 7.10. The number of hydrogen-bond acceptors (Lipinski definition) is 2. The van der Waals surface area contributed by atoms with Gasteiger partial charge in [0, 0.05) is 39.1 Å². The van der Waals surface area contributed by atoms with Crippen molar-refractivity contribution in [3.63, 3.8) is 0 Å². The van der Waals surface area contributed by atoms with Crippen molar-refractivity contribution in [2.45, 2.75) is 107 Å². The van der Waals surface area contributed by atoms with Crippen LogP contribution in [-0.2, 0) is 42.8 Å². The number of nitrogens with one attached hydrogen (secondary N) is 2. The fourth-order valence-electron chi connectivity index (χ4n) is 7.10. The number of fused-ring (bicyclic) bond motifs is 8. The van der Waals surface area contributed by atoms with Gasteiger partial charge in [0.2, 0.25) is 0 Å². The van der Waals surface area contributed by atoms with Crippen LogP contribution in [0.25, 0.3) is 44.4 Å². The van der Waals surface area contributed by atoms with Crippen molar-refractivity contribution >= 4 is 56.8 Å². The monoisotopic (exact) mass is 625 g/mol. The molecule has 42 heavy (non-hydrogen) atoms. The Morgan fingerprint density at radius 2 is 0.667 bits per heavy atom. The Morgan fingerprint density at radius 3 is 0.929 bits per heavy atom. The number of halogens is 1. The minimum absolute atomic E-state index is 0. The topological polar surface area (TPSA) is 57.4 Å². The first-order valence-electron chi connectivity index (χ1n) is 15.7. The molecular weight excluding hydrogens is 579 g/mol. The number of rotatable bonds is 8. The van der Waals surface area contributed by atoms with Crippen molar-refractivity contribution in [1.82, 2.24) is 19.9 Å². The number of aryl methyl sites for hydroxylation is 4. The molecular formula is C36H47ClMnN4. The van der Waals surface area contributed by atoms with Gasteiger partial charge in [0.05, 0.1) is 22.8 Å². The van der Waals surface area contributed by atoms with Crippen LogP contribution in [-0.4, -0.2) is 19.9 Å². The second-order valence-corrected chi connectivity index (χ2v) is 10.9. The molecule has 0 saturated heterocycles. The Morgan fingerprint density at radius 1 is 0.405 bits per heavy atom. The SMILES string of the molecule is CCC1=C(CC)c2cc3[nH]c(cc4[nH]c(cc5nc(cc1n2)C(CC)=C5CC)c(CC)c4CC)c(CC)c3CC.Cl.[Mn]. The van der Waals surface area contributed by atoms with Crippen LogP contribution in [0, 0.1) is 0 Å². The molecule has 0 aromatic carbocycles. The molecule has 0 spiro atoms. The summed E-state index contributed by atoms with van der Waals surface area (Å²) < 4.78 is 0. The zero-order chi connectivity index (χ0) is 28.6. The molecule has 0 amide bonds. The van der Waals surface area contributed by atoms with E-state index in [0.717, 1.165) is 74.1 Å². The molecule has 0 atom stereocenters. The largest absolute Gasteiger partial charge is 0.355 e. The van der Waals surface area contributed by atoms with E-state index >= 15 is 0 Å². The van der Waals surface area contributed by atoms with Crippen molar-refractivity contribution in [3.8, 4) is 0 Å². The van der Waals surface area contributed by atoms with Gasteiger partial charge in [-0.25, -0.2) is 9.97 Å². The van der Waals surface area contributed by atoms with Crippen molar-refractivity contribution < 1.29 is 17.1 Å². The molecule has 2 aliphatic rings. The van der Waals surface area contributed by atoms with Gasteiger partial charge in [-0.2, -0.15) is 0 Å². The first kappa shape index (κ1) is 33.9. The van der Waals surface area contributed by atoms with E-state index in [1.54, 1.807) is 0 Å². The van der Waals surface area contributed by atoms with Gasteiger partial charge >= 0.3 is 0 Å². The van der Waals surface area contributed by atoms with Crippen LogP contribution >= 0.6 is 12.4 Å². The number of hydrogen-bond donors (Lipinski definition) is 2. The standard InChI is InChI=1S/C36H46N4.ClH.Mn/c1-9-21-22(10-2)30-18-32-25(13-5)26(14-6)34(39-32)20-36-28(16-8)27(15-7)35(40-36)19-33-24(12-4)23(11-3)31(38-33)17-29(21)37-30;;/h17-20,37-38H,9-16H2,1-8H3;1H;. The molecule has 0 aliphatic carbocycles. The van der Waals surface area contributed by atoms with E-state index < -0.39 is 0 Å². The predicted octanol–water partition coefficient (Wildman–Crippen LogP) is 10.4. The van der Waals surface area contributed by atoms with Crippen molar-refractivity contribution in [1.29, 1.82) is 0 Å². The van der Waals surface area contributed by atoms with E-state index in [0.29, 0.717) is 0 Å². The maximum atomic E-state index is 5.28. The van der Waals surface area contributed by atoms with Crippen LogP contribution in [0.15, 0.2) is 24.3 Å². The second kappa shape index (κ2) is 14.3. The Balaban J connectivity index is 0.00000242. The number of nitrogens with zero attached hydrogens (tertiary/aromatic N) is 2. The summed E-state index contributed by atoms with van der Waals surface area (Å²) in [5.74, 6) is 0. The maximum Gasteiger partial charge on any atom is 0.0694 e. The zero-order valence-electron chi connectivity index (χ0n) is 26.6. The van der Waals surface area contributed by atoms with Gasteiger partial charge in [-0.15, -0.1) is 12.4 Å². The number of aromatic amines is 2. The Kier molecular flexibility index (Phi) is 11.5. The Labute approximate surface area is 268 Å². The average Bonchev–Trinajstić information content (AvgIpc) is 3.67. The Bertz CT molecular complexity index is 1570. The number of aromatic nitrogens is 4. The third-order valence-corrected chi connectivity index (χ3v) is 8.97. The van der Waals surface area contributed by atoms with Gasteiger partial charge in [0.1, 0.15) is 0 Å². The van der Waals surface area contributed by atoms with Gasteiger partial charge in [0.25, 0.3) is 0 Å². The summed E-state index contributed by atoms with van der Waals surface area (Å²) in [5, 5.41) is 0. The maximum absolute atomic E-state index is 5.28. The summed E-state index contributed by atoms with van der Waals surface area (Å²) in [7, 11) is 0. The first-order chi connectivity index (χ1) is 19.5. The molecule has 4 nitrogen and oxygen atoms in total. The molecule has 5 rings (SSSR count). The third kappa shape index (κ3) is 5.68. The van der Waals surface area contributed by atoms with E-state index in [9.17, 15) is 0 Å². The average molecular weight is 626 g/mol. The van der Waals surface area contributed by atoms with Gasteiger partial charge in [-0.3, -0.25) is 0 Å². The van der Waals surface area contributed by atoms with E-state index in [1.807, 2.05) is 0 Å². The van der Waals surface area contributed by atoms with Crippen LogP contribution in [0.5, 0.6) is 0 Å². The van der Waals surface area contributed by atoms with Gasteiger partial charge in [-0.1, -0.05) is 55.4 Å². The smallest absolute Gasteiger partial charge is 0.0694 e. The molecule has 6 heteroatoms. The summed E-state index contributed by atoms with van der Waals surface area (Å²) in [6.07, 6.45) is 7.84. The van der Waals surface area contributed by atoms with Crippen LogP contribution in [0.2, 0.25) is 0 Å². The van der Waals surface area contributed by atoms with Crippen molar-refractivity contribution in [2.75, 3.05) is 0 Å².